The second kappa shape index (κ2) is 12.6. The van der Waals surface area contributed by atoms with Crippen molar-refractivity contribution >= 4 is 40.5 Å². The van der Waals surface area contributed by atoms with Crippen LogP contribution in [0.3, 0.4) is 0 Å². The molecule has 3 aliphatic rings. The second-order valence-corrected chi connectivity index (χ2v) is 12.1. The smallest absolute Gasteiger partial charge is 0.161 e. The van der Waals surface area contributed by atoms with Gasteiger partial charge < -0.3 is 24.2 Å². The first-order valence-corrected chi connectivity index (χ1v) is 14.3. The summed E-state index contributed by atoms with van der Waals surface area (Å²) in [6.07, 6.45) is 3.86. The van der Waals surface area contributed by atoms with Crippen LogP contribution in [0.2, 0.25) is 0 Å². The van der Waals surface area contributed by atoms with Crippen molar-refractivity contribution in [2.24, 2.45) is 4.99 Å². The lowest BCUT2D eigenvalue weighted by atomic mass is 9.94. The summed E-state index contributed by atoms with van der Waals surface area (Å²) in [6.45, 7) is 5.67. The molecule has 0 aromatic carbocycles. The van der Waals surface area contributed by atoms with E-state index in [4.69, 9.17) is 19.2 Å². The Morgan fingerprint density at radius 2 is 1.73 bits per heavy atom. The van der Waals surface area contributed by atoms with Gasteiger partial charge >= 0.3 is 0 Å². The first-order valence-electron chi connectivity index (χ1n) is 11.3. The molecule has 0 amide bonds. The molecule has 6 atom stereocenters. The Morgan fingerprint density at radius 1 is 1.10 bits per heavy atom. The number of aliphatic hydroxyl groups excluding tert-OH is 1. The average Bonchev–Trinajstić information content (AvgIpc) is 3.19. The molecule has 2 fully saturated rings. The SMILES string of the molecule is CCCCO[C@@H]1[C@H]2N=C(N(C)C)S[C@H]2O[C@H](C(O)C2SCCCS2)[C@H]1OCCCC. The van der Waals surface area contributed by atoms with Crippen molar-refractivity contribution in [2.75, 3.05) is 38.8 Å². The van der Waals surface area contributed by atoms with E-state index in [0.717, 1.165) is 42.4 Å². The zero-order valence-corrected chi connectivity index (χ0v) is 21.1. The Kier molecular flexibility index (Phi) is 10.5. The third-order valence-electron chi connectivity index (χ3n) is 5.50. The van der Waals surface area contributed by atoms with Crippen LogP contribution in [0.25, 0.3) is 0 Å². The van der Waals surface area contributed by atoms with Crippen LogP contribution < -0.4 is 0 Å². The highest BCUT2D eigenvalue weighted by molar-refractivity contribution is 8.17. The number of nitrogens with zero attached hydrogens (tertiary/aromatic N) is 2. The van der Waals surface area contributed by atoms with Gasteiger partial charge in [-0.05, 0) is 30.8 Å². The molecule has 30 heavy (non-hydrogen) atoms. The summed E-state index contributed by atoms with van der Waals surface area (Å²) in [7, 11) is 4.01. The van der Waals surface area contributed by atoms with E-state index in [0.29, 0.717) is 13.2 Å². The minimum atomic E-state index is -0.589. The molecule has 3 heterocycles. The van der Waals surface area contributed by atoms with Crippen molar-refractivity contribution in [3.05, 3.63) is 0 Å². The maximum atomic E-state index is 11.4. The summed E-state index contributed by atoms with van der Waals surface area (Å²) in [5, 5.41) is 12.3. The van der Waals surface area contributed by atoms with Crippen LogP contribution in [0.15, 0.2) is 4.99 Å². The second-order valence-electron chi connectivity index (χ2n) is 8.22. The molecule has 9 heteroatoms. The molecule has 0 aromatic rings. The van der Waals surface area contributed by atoms with E-state index in [-0.39, 0.29) is 28.3 Å². The highest BCUT2D eigenvalue weighted by Crippen LogP contribution is 2.43. The minimum Gasteiger partial charge on any atom is -0.388 e. The number of thioether (sulfide) groups is 3. The maximum absolute atomic E-state index is 11.4. The van der Waals surface area contributed by atoms with Gasteiger partial charge in [0.2, 0.25) is 0 Å². The summed E-state index contributed by atoms with van der Waals surface area (Å²) < 4.78 is 19.4. The normalized spacial score (nSPS) is 33.2. The van der Waals surface area contributed by atoms with Crippen molar-refractivity contribution in [3.63, 3.8) is 0 Å². The molecule has 2 saturated heterocycles. The van der Waals surface area contributed by atoms with Crippen LogP contribution in [0.1, 0.15) is 46.0 Å². The van der Waals surface area contributed by atoms with Gasteiger partial charge in [-0.15, -0.1) is 23.5 Å². The molecule has 0 aromatic heterocycles. The molecule has 1 N–H and O–H groups in total. The molecule has 0 spiro atoms. The molecule has 174 valence electrons. The third-order valence-corrected chi connectivity index (χ3v) is 9.89. The van der Waals surface area contributed by atoms with E-state index in [1.165, 1.54) is 6.42 Å². The Balaban J connectivity index is 1.82. The largest absolute Gasteiger partial charge is 0.388 e. The third kappa shape index (κ3) is 6.23. The van der Waals surface area contributed by atoms with E-state index in [1.807, 2.05) is 42.5 Å². The van der Waals surface area contributed by atoms with Crippen LogP contribution in [0.5, 0.6) is 0 Å². The summed E-state index contributed by atoms with van der Waals surface area (Å²) >= 11 is 5.32. The van der Waals surface area contributed by atoms with Gasteiger partial charge in [-0.25, -0.2) is 0 Å². The van der Waals surface area contributed by atoms with Crippen LogP contribution in [0.4, 0.5) is 0 Å². The van der Waals surface area contributed by atoms with Gasteiger partial charge in [-0.1, -0.05) is 38.5 Å². The van der Waals surface area contributed by atoms with E-state index in [2.05, 4.69) is 13.8 Å². The summed E-state index contributed by atoms with van der Waals surface area (Å²) in [6, 6.07) is -0.106. The van der Waals surface area contributed by atoms with Crippen LogP contribution in [-0.2, 0) is 14.2 Å². The molecule has 0 saturated carbocycles. The quantitative estimate of drug-likeness (QED) is 0.477. The Hall–Kier alpha value is 0.360. The molecule has 3 aliphatic heterocycles. The molecular weight excluding hydrogens is 440 g/mol. The lowest BCUT2D eigenvalue weighted by Crippen LogP contribution is -2.61. The van der Waals surface area contributed by atoms with Crippen molar-refractivity contribution in [3.8, 4) is 0 Å². The molecule has 0 radical (unpaired) electrons. The Bertz CT molecular complexity index is 548. The number of ether oxygens (including phenoxy) is 3. The van der Waals surface area contributed by atoms with Crippen LogP contribution in [0, 0.1) is 0 Å². The average molecular weight is 479 g/mol. The summed E-state index contributed by atoms with van der Waals surface area (Å²) in [4.78, 5) is 6.97. The van der Waals surface area contributed by atoms with Crippen LogP contribution in [-0.4, -0.2) is 94.5 Å². The lowest BCUT2D eigenvalue weighted by Gasteiger charge is -2.45. The number of amidine groups is 1. The topological polar surface area (TPSA) is 63.5 Å². The van der Waals surface area contributed by atoms with Crippen molar-refractivity contribution in [2.45, 2.75) is 86.4 Å². The Labute approximate surface area is 194 Å². The number of rotatable bonds is 10. The van der Waals surface area contributed by atoms with Crippen molar-refractivity contribution < 1.29 is 19.3 Å². The number of aliphatic imine (C=N–C) groups is 1. The standard InChI is InChI=1S/C21H38N2O4S3/c1-5-7-10-25-16-14-19(30-21(22-14)23(3)4)27-17(18(16)26-11-8-6-2)15(24)20-28-12-9-13-29-20/h14-20,24H,5-13H2,1-4H3/t14-,15?,16-,17-,18+,19-/m1/s1. The highest BCUT2D eigenvalue weighted by Gasteiger charge is 2.54. The fourth-order valence-electron chi connectivity index (χ4n) is 3.81. The number of aliphatic hydroxyl groups is 1. The molecule has 0 aliphatic carbocycles. The van der Waals surface area contributed by atoms with Gasteiger partial charge in [-0.2, -0.15) is 0 Å². The predicted octanol–water partition coefficient (Wildman–Crippen LogP) is 3.67. The summed E-state index contributed by atoms with van der Waals surface area (Å²) in [5.74, 6) is 2.18. The first kappa shape index (κ1) is 25.0. The monoisotopic (exact) mass is 478 g/mol. The van der Waals surface area contributed by atoms with Gasteiger partial charge in [0.1, 0.15) is 35.9 Å². The van der Waals surface area contributed by atoms with Gasteiger partial charge in [-0.3, -0.25) is 4.99 Å². The zero-order valence-electron chi connectivity index (χ0n) is 18.7. The molecule has 6 nitrogen and oxygen atoms in total. The highest BCUT2D eigenvalue weighted by atomic mass is 32.2. The van der Waals surface area contributed by atoms with E-state index in [1.54, 1.807) is 11.8 Å². The number of hydrogen-bond acceptors (Lipinski definition) is 9. The zero-order chi connectivity index (χ0) is 21.5. The number of fused-ring (bicyclic) bond motifs is 1. The molecule has 1 unspecified atom stereocenters. The lowest BCUT2D eigenvalue weighted by molar-refractivity contribution is -0.212. The molecular formula is C21H38N2O4S3. The van der Waals surface area contributed by atoms with E-state index in [9.17, 15) is 5.11 Å². The van der Waals surface area contributed by atoms with Gasteiger partial charge in [0, 0.05) is 27.3 Å². The van der Waals surface area contributed by atoms with Crippen LogP contribution >= 0.6 is 35.3 Å². The van der Waals surface area contributed by atoms with Crippen molar-refractivity contribution in [1.82, 2.24) is 4.90 Å². The summed E-state index contributed by atoms with van der Waals surface area (Å²) in [5.41, 5.74) is -0.140. The molecule has 0 bridgehead atoms. The minimum absolute atomic E-state index is 0.106. The fourth-order valence-corrected chi connectivity index (χ4v) is 7.88. The number of unbranched alkanes of at least 4 members (excludes halogenated alkanes) is 2. The first-order chi connectivity index (χ1) is 14.6. The number of hydrogen-bond donors (Lipinski definition) is 1. The van der Waals surface area contributed by atoms with Crippen molar-refractivity contribution in [1.29, 1.82) is 0 Å². The predicted molar refractivity (Wildman–Crippen MR) is 130 cm³/mol. The van der Waals surface area contributed by atoms with E-state index < -0.39 is 12.2 Å². The van der Waals surface area contributed by atoms with Gasteiger partial charge in [0.25, 0.3) is 0 Å². The van der Waals surface area contributed by atoms with E-state index >= 15 is 0 Å². The van der Waals surface area contributed by atoms with Gasteiger partial charge in [0.05, 0.1) is 4.58 Å². The van der Waals surface area contributed by atoms with Gasteiger partial charge in [0.15, 0.2) is 5.17 Å². The Morgan fingerprint density at radius 3 is 2.33 bits per heavy atom. The molecule has 3 rings (SSSR count). The fraction of sp³-hybridized carbons (Fsp3) is 0.952. The maximum Gasteiger partial charge on any atom is 0.161 e.